The molecule has 13 nitrogen and oxygen atoms in total. The number of unbranched alkanes of at least 4 members (excludes halogenated alkanes) is 13. The molecule has 0 aromatic heterocycles. The summed E-state index contributed by atoms with van der Waals surface area (Å²) in [5.74, 6) is -2.96. The zero-order valence-electron chi connectivity index (χ0n) is 31.4. The molecule has 0 bridgehead atoms. The second kappa shape index (κ2) is 35.5. The summed E-state index contributed by atoms with van der Waals surface area (Å²) in [7, 11) is 0. The van der Waals surface area contributed by atoms with Crippen molar-refractivity contribution in [1.29, 1.82) is 0 Å². The van der Waals surface area contributed by atoms with Crippen LogP contribution >= 0.6 is 0 Å². The zero-order valence-corrected chi connectivity index (χ0v) is 31.4. The molecule has 0 saturated heterocycles. The molecule has 0 aliphatic heterocycles. The van der Waals surface area contributed by atoms with Gasteiger partial charge in [-0.15, -0.1) is 0 Å². The van der Waals surface area contributed by atoms with Crippen molar-refractivity contribution in [3.05, 3.63) is 12.3 Å². The van der Waals surface area contributed by atoms with E-state index in [9.17, 15) is 29.1 Å². The Bertz CT molecular complexity index is 945. The van der Waals surface area contributed by atoms with Crippen molar-refractivity contribution in [2.24, 2.45) is 5.92 Å². The topological polar surface area (TPSA) is 187 Å². The number of hydrogen-bond donors (Lipinski definition) is 4. The Morgan fingerprint density at radius 3 is 1.51 bits per heavy atom. The van der Waals surface area contributed by atoms with Crippen LogP contribution in [0.1, 0.15) is 129 Å². The second-order valence-corrected chi connectivity index (χ2v) is 13.1. The number of carboxylic acid groups (broad SMARTS) is 2. The lowest BCUT2D eigenvalue weighted by Gasteiger charge is -2.12. The minimum absolute atomic E-state index is 0.0198. The van der Waals surface area contributed by atoms with E-state index in [0.29, 0.717) is 71.5 Å². The van der Waals surface area contributed by atoms with Crippen molar-refractivity contribution >= 4 is 29.4 Å². The lowest BCUT2D eigenvalue weighted by atomic mass is 9.94. The molecule has 0 aromatic carbocycles. The first-order valence-corrected chi connectivity index (χ1v) is 19.1. The Morgan fingerprint density at radius 1 is 0.569 bits per heavy atom. The average Bonchev–Trinajstić information content (AvgIpc) is 3.08. The zero-order chi connectivity index (χ0) is 37.8. The van der Waals surface area contributed by atoms with E-state index >= 15 is 0 Å². The van der Waals surface area contributed by atoms with Crippen LogP contribution in [0.4, 0.5) is 0 Å². The maximum absolute atomic E-state index is 12.4. The van der Waals surface area contributed by atoms with Crippen LogP contribution in [0.25, 0.3) is 0 Å². The number of carboxylic acids is 2. The molecule has 296 valence electrons. The van der Waals surface area contributed by atoms with Crippen LogP contribution in [-0.4, -0.2) is 106 Å². The van der Waals surface area contributed by atoms with Crippen molar-refractivity contribution in [2.45, 2.75) is 129 Å². The van der Waals surface area contributed by atoms with Gasteiger partial charge in [0.25, 0.3) is 0 Å². The molecule has 51 heavy (non-hydrogen) atoms. The Balaban J connectivity index is 3.66. The van der Waals surface area contributed by atoms with Crippen LogP contribution < -0.4 is 10.6 Å². The largest absolute Gasteiger partial charge is 0.481 e. The van der Waals surface area contributed by atoms with Crippen LogP contribution in [0.5, 0.6) is 0 Å². The lowest BCUT2D eigenvalue weighted by Crippen LogP contribution is -2.29. The molecule has 0 aromatic rings. The second-order valence-electron chi connectivity index (χ2n) is 13.1. The highest BCUT2D eigenvalue weighted by molar-refractivity contribution is 5.84. The molecule has 0 unspecified atom stereocenters. The number of rotatable bonds is 40. The van der Waals surface area contributed by atoms with E-state index in [1.54, 1.807) is 0 Å². The molecule has 0 saturated carbocycles. The summed E-state index contributed by atoms with van der Waals surface area (Å²) in [6, 6.07) is 0. The van der Waals surface area contributed by atoms with Crippen molar-refractivity contribution in [3.8, 4) is 0 Å². The van der Waals surface area contributed by atoms with E-state index in [0.717, 1.165) is 44.9 Å². The van der Waals surface area contributed by atoms with Gasteiger partial charge in [-0.1, -0.05) is 83.6 Å². The van der Waals surface area contributed by atoms with Crippen LogP contribution in [0.3, 0.4) is 0 Å². The highest BCUT2D eigenvalue weighted by Crippen LogP contribution is 2.17. The van der Waals surface area contributed by atoms with Crippen LogP contribution in [-0.2, 0) is 42.9 Å². The number of hydrogen-bond acceptors (Lipinski definition) is 10. The summed E-state index contributed by atoms with van der Waals surface area (Å²) in [4.78, 5) is 57.5. The summed E-state index contributed by atoms with van der Waals surface area (Å²) >= 11 is 0. The number of nitrogens with one attached hydrogen (secondary N) is 2. The summed E-state index contributed by atoms with van der Waals surface area (Å²) in [6.45, 7) is 8.88. The number of carbonyl (C=O) groups is 5. The SMILES string of the molecule is C=C(COCCOCCNC(=O)CC[C@H](CC(=O)CCCCCCCCCCCCCCCCC(=O)O)C(=O)O)NCCOCCOCC(C)=O. The molecule has 1 amide bonds. The summed E-state index contributed by atoms with van der Waals surface area (Å²) < 4.78 is 21.4. The number of Topliss-reactive ketones (excluding diaryl/α,β-unsaturated/α-hetero) is 2. The summed E-state index contributed by atoms with van der Waals surface area (Å²) in [6.07, 6.45) is 16.2. The van der Waals surface area contributed by atoms with Crippen LogP contribution in [0.2, 0.25) is 0 Å². The summed E-state index contributed by atoms with van der Waals surface area (Å²) in [5.41, 5.74) is 0.709. The monoisotopic (exact) mass is 728 g/mol. The predicted octanol–water partition coefficient (Wildman–Crippen LogP) is 5.63. The normalized spacial score (nSPS) is 11.6. The minimum atomic E-state index is -1.05. The molecular weight excluding hydrogens is 660 g/mol. The van der Waals surface area contributed by atoms with Gasteiger partial charge in [-0.3, -0.25) is 24.0 Å². The quantitative estimate of drug-likeness (QED) is 0.0571. The van der Waals surface area contributed by atoms with Gasteiger partial charge in [-0.25, -0.2) is 0 Å². The maximum Gasteiger partial charge on any atom is 0.306 e. The lowest BCUT2D eigenvalue weighted by molar-refractivity contribution is -0.144. The van der Waals surface area contributed by atoms with Crippen LogP contribution in [0.15, 0.2) is 12.3 Å². The molecule has 0 aliphatic rings. The Morgan fingerprint density at radius 2 is 1.02 bits per heavy atom. The Kier molecular flexibility index (Phi) is 33.5. The minimum Gasteiger partial charge on any atom is -0.481 e. The molecule has 1 atom stereocenters. The molecule has 0 rings (SSSR count). The van der Waals surface area contributed by atoms with Gasteiger partial charge in [0.15, 0.2) is 5.78 Å². The van der Waals surface area contributed by atoms with Gasteiger partial charge in [0.2, 0.25) is 5.91 Å². The number of carbonyl (C=O) groups excluding carboxylic acids is 3. The Labute approximate surface area is 306 Å². The van der Waals surface area contributed by atoms with Crippen LogP contribution in [0, 0.1) is 5.92 Å². The first-order chi connectivity index (χ1) is 24.6. The number of amides is 1. The van der Waals surface area contributed by atoms with E-state index in [4.69, 9.17) is 24.1 Å². The number of aliphatic carboxylic acids is 2. The van der Waals surface area contributed by atoms with Gasteiger partial charge in [0.1, 0.15) is 12.4 Å². The van der Waals surface area contributed by atoms with Gasteiger partial charge in [0, 0.05) is 44.5 Å². The standard InChI is InChI=1S/C38H68N2O11/c1-32(39-21-23-48-26-28-51-31-33(2)41)30-50-27-25-49-24-22-40-36(43)20-19-34(38(46)47)29-35(42)17-15-13-11-9-7-5-3-4-6-8-10-12-14-16-18-37(44)45/h34,39H,1,3-31H2,2H3,(H,40,43)(H,44,45)(H,46,47)/t34-/m1/s1. The third-order valence-electron chi connectivity index (χ3n) is 8.16. The van der Waals surface area contributed by atoms with E-state index in [-0.39, 0.29) is 49.8 Å². The Hall–Kier alpha value is -2.87. The fourth-order valence-corrected chi connectivity index (χ4v) is 5.27. The van der Waals surface area contributed by atoms with Crippen molar-refractivity contribution in [3.63, 3.8) is 0 Å². The molecule has 0 aliphatic carbocycles. The molecule has 0 radical (unpaired) electrons. The van der Waals surface area contributed by atoms with Gasteiger partial charge in [-0.05, 0) is 26.2 Å². The van der Waals surface area contributed by atoms with Crippen molar-refractivity contribution in [1.82, 2.24) is 10.6 Å². The van der Waals surface area contributed by atoms with Crippen molar-refractivity contribution < 1.29 is 53.1 Å². The average molecular weight is 729 g/mol. The maximum atomic E-state index is 12.4. The molecule has 4 N–H and O–H groups in total. The van der Waals surface area contributed by atoms with E-state index in [1.807, 2.05) is 0 Å². The fraction of sp³-hybridized carbons (Fsp3) is 0.816. The molecule has 13 heteroatoms. The number of ether oxygens (including phenoxy) is 4. The van der Waals surface area contributed by atoms with E-state index in [2.05, 4.69) is 17.2 Å². The molecular formula is C38H68N2O11. The highest BCUT2D eigenvalue weighted by Gasteiger charge is 2.22. The van der Waals surface area contributed by atoms with E-state index < -0.39 is 17.9 Å². The van der Waals surface area contributed by atoms with Gasteiger partial charge < -0.3 is 39.8 Å². The molecule has 0 heterocycles. The smallest absolute Gasteiger partial charge is 0.306 e. The van der Waals surface area contributed by atoms with Crippen molar-refractivity contribution in [2.75, 3.05) is 65.9 Å². The first-order valence-electron chi connectivity index (χ1n) is 19.1. The van der Waals surface area contributed by atoms with Gasteiger partial charge in [0.05, 0.1) is 52.2 Å². The third kappa shape index (κ3) is 36.7. The predicted molar refractivity (Wildman–Crippen MR) is 196 cm³/mol. The van der Waals surface area contributed by atoms with Gasteiger partial charge >= 0.3 is 11.9 Å². The molecule has 0 spiro atoms. The third-order valence-corrected chi connectivity index (χ3v) is 8.16. The highest BCUT2D eigenvalue weighted by atomic mass is 16.5. The fourth-order valence-electron chi connectivity index (χ4n) is 5.27. The first kappa shape index (κ1) is 48.1. The molecule has 0 fully saturated rings. The van der Waals surface area contributed by atoms with Gasteiger partial charge in [-0.2, -0.15) is 0 Å². The van der Waals surface area contributed by atoms with E-state index in [1.165, 1.54) is 51.9 Å². The summed E-state index contributed by atoms with van der Waals surface area (Å²) in [5, 5.41) is 24.0. The number of ketones is 2.